The lowest BCUT2D eigenvalue weighted by Crippen LogP contribution is -2.27. The quantitative estimate of drug-likeness (QED) is 0.666. The fourth-order valence-electron chi connectivity index (χ4n) is 1.80. The molecule has 0 bridgehead atoms. The Kier molecular flexibility index (Phi) is 2.98. The summed E-state index contributed by atoms with van der Waals surface area (Å²) >= 11 is 0. The molecule has 0 atom stereocenters. The lowest BCUT2D eigenvalue weighted by Gasteiger charge is -2.25. The van der Waals surface area contributed by atoms with Gasteiger partial charge in [0.15, 0.2) is 0 Å². The van der Waals surface area contributed by atoms with E-state index in [-0.39, 0.29) is 0 Å². The molecule has 1 saturated heterocycles. The van der Waals surface area contributed by atoms with Gasteiger partial charge in [-0.1, -0.05) is 36.8 Å². The largest absolute Gasteiger partial charge is 0.294 e. The average molecular weight is 174 g/mol. The fraction of sp³-hybridized carbons (Fsp3) is 0.417. The van der Waals surface area contributed by atoms with Crippen LogP contribution in [0.2, 0.25) is 0 Å². The van der Waals surface area contributed by atoms with Gasteiger partial charge in [0.05, 0.1) is 6.54 Å². The number of nitrogens with zero attached hydrogens (tertiary/aromatic N) is 1. The van der Waals surface area contributed by atoms with Gasteiger partial charge in [-0.25, -0.2) is 0 Å². The number of benzene rings is 1. The van der Waals surface area contributed by atoms with E-state index >= 15 is 0 Å². The van der Waals surface area contributed by atoms with E-state index in [1.165, 1.54) is 37.9 Å². The van der Waals surface area contributed by atoms with Crippen molar-refractivity contribution in [2.75, 3.05) is 13.1 Å². The standard InChI is InChI=1S/C12H16N/c1-3-7-12(8-4-1)11-13-9-5-2-6-10-13/h1,3-4,7-8,11H,2,5-6,9-10H2. The van der Waals surface area contributed by atoms with Gasteiger partial charge in [0.25, 0.3) is 0 Å². The topological polar surface area (TPSA) is 3.24 Å². The first kappa shape index (κ1) is 8.76. The van der Waals surface area contributed by atoms with Crippen LogP contribution in [0.1, 0.15) is 24.8 Å². The zero-order chi connectivity index (χ0) is 8.93. The van der Waals surface area contributed by atoms with Crippen LogP contribution in [-0.4, -0.2) is 18.0 Å². The van der Waals surface area contributed by atoms with Crippen LogP contribution in [-0.2, 0) is 0 Å². The molecule has 0 spiro atoms. The highest BCUT2D eigenvalue weighted by molar-refractivity contribution is 5.21. The molecule has 1 aliphatic heterocycles. The Bertz CT molecular complexity index is 237. The van der Waals surface area contributed by atoms with Gasteiger partial charge in [-0.3, -0.25) is 4.90 Å². The Morgan fingerprint density at radius 3 is 2.31 bits per heavy atom. The third-order valence-corrected chi connectivity index (χ3v) is 2.52. The van der Waals surface area contributed by atoms with Crippen molar-refractivity contribution in [2.24, 2.45) is 0 Å². The van der Waals surface area contributed by atoms with Crippen molar-refractivity contribution in [1.82, 2.24) is 4.90 Å². The maximum Gasteiger partial charge on any atom is 0.0545 e. The Morgan fingerprint density at radius 1 is 0.923 bits per heavy atom. The van der Waals surface area contributed by atoms with Gasteiger partial charge in [0.2, 0.25) is 0 Å². The minimum atomic E-state index is 1.23. The van der Waals surface area contributed by atoms with E-state index in [1.54, 1.807) is 0 Å². The molecule has 1 heterocycles. The third kappa shape index (κ3) is 2.56. The van der Waals surface area contributed by atoms with Crippen molar-refractivity contribution in [3.05, 3.63) is 42.4 Å². The molecule has 1 aromatic rings. The molecule has 1 aliphatic rings. The maximum atomic E-state index is 2.43. The summed E-state index contributed by atoms with van der Waals surface area (Å²) in [6.45, 7) is 4.74. The number of piperidine rings is 1. The molecular formula is C12H16N. The van der Waals surface area contributed by atoms with Crippen molar-refractivity contribution in [3.63, 3.8) is 0 Å². The molecule has 0 amide bonds. The molecule has 1 fully saturated rings. The van der Waals surface area contributed by atoms with Crippen LogP contribution in [0.4, 0.5) is 0 Å². The molecule has 1 aromatic carbocycles. The Morgan fingerprint density at radius 2 is 1.62 bits per heavy atom. The van der Waals surface area contributed by atoms with Crippen LogP contribution in [0.5, 0.6) is 0 Å². The highest BCUT2D eigenvalue weighted by Crippen LogP contribution is 2.13. The second-order valence-electron chi connectivity index (χ2n) is 3.64. The molecule has 13 heavy (non-hydrogen) atoms. The van der Waals surface area contributed by atoms with Crippen LogP contribution in [0.15, 0.2) is 30.3 Å². The number of hydrogen-bond donors (Lipinski definition) is 0. The molecule has 2 rings (SSSR count). The monoisotopic (exact) mass is 174 g/mol. The van der Waals surface area contributed by atoms with Crippen LogP contribution in [0.25, 0.3) is 0 Å². The first-order valence-corrected chi connectivity index (χ1v) is 5.09. The second kappa shape index (κ2) is 4.43. The zero-order valence-electron chi connectivity index (χ0n) is 7.95. The van der Waals surface area contributed by atoms with Gasteiger partial charge < -0.3 is 0 Å². The molecule has 1 heteroatoms. The summed E-state index contributed by atoms with van der Waals surface area (Å²) in [5, 5.41) is 0. The molecule has 0 saturated carbocycles. The van der Waals surface area contributed by atoms with Gasteiger partial charge >= 0.3 is 0 Å². The van der Waals surface area contributed by atoms with Crippen molar-refractivity contribution in [2.45, 2.75) is 19.3 Å². The van der Waals surface area contributed by atoms with Gasteiger partial charge in [-0.15, -0.1) is 0 Å². The van der Waals surface area contributed by atoms with Crippen LogP contribution < -0.4 is 0 Å². The van der Waals surface area contributed by atoms with Gasteiger partial charge in [0.1, 0.15) is 0 Å². The van der Waals surface area contributed by atoms with Crippen LogP contribution >= 0.6 is 0 Å². The maximum absolute atomic E-state index is 2.43. The van der Waals surface area contributed by atoms with Gasteiger partial charge in [-0.2, -0.15) is 0 Å². The van der Waals surface area contributed by atoms with E-state index in [4.69, 9.17) is 0 Å². The Hall–Kier alpha value is -0.820. The predicted molar refractivity (Wildman–Crippen MR) is 55.3 cm³/mol. The minimum absolute atomic E-state index is 1.23. The van der Waals surface area contributed by atoms with Crippen molar-refractivity contribution < 1.29 is 0 Å². The van der Waals surface area contributed by atoms with Crippen molar-refractivity contribution in [3.8, 4) is 0 Å². The summed E-state index contributed by atoms with van der Waals surface area (Å²) < 4.78 is 0. The molecule has 0 aromatic heterocycles. The normalized spacial score (nSPS) is 18.8. The number of likely N-dealkylation sites (tertiary alicyclic amines) is 1. The fourth-order valence-corrected chi connectivity index (χ4v) is 1.80. The molecule has 1 nitrogen and oxygen atoms in total. The van der Waals surface area contributed by atoms with E-state index in [2.05, 4.69) is 41.8 Å². The second-order valence-corrected chi connectivity index (χ2v) is 3.64. The highest BCUT2D eigenvalue weighted by Gasteiger charge is 2.09. The summed E-state index contributed by atoms with van der Waals surface area (Å²) in [5.74, 6) is 0. The summed E-state index contributed by atoms with van der Waals surface area (Å²) in [4.78, 5) is 2.43. The molecule has 0 N–H and O–H groups in total. The smallest absolute Gasteiger partial charge is 0.0545 e. The lowest BCUT2D eigenvalue weighted by atomic mass is 10.1. The van der Waals surface area contributed by atoms with E-state index in [0.29, 0.717) is 0 Å². The summed E-state index contributed by atoms with van der Waals surface area (Å²) in [6.07, 6.45) is 4.10. The lowest BCUT2D eigenvalue weighted by molar-refractivity contribution is 0.285. The highest BCUT2D eigenvalue weighted by atomic mass is 15.1. The molecule has 0 aliphatic carbocycles. The predicted octanol–water partition coefficient (Wildman–Crippen LogP) is 2.68. The van der Waals surface area contributed by atoms with Crippen molar-refractivity contribution in [1.29, 1.82) is 0 Å². The van der Waals surface area contributed by atoms with E-state index in [1.807, 2.05) is 0 Å². The molecule has 69 valence electrons. The SMILES string of the molecule is [CH](c1ccccc1)N1CCCCC1. The van der Waals surface area contributed by atoms with Crippen LogP contribution in [0.3, 0.4) is 0 Å². The van der Waals surface area contributed by atoms with Gasteiger partial charge in [-0.05, 0) is 31.5 Å². The molecule has 0 unspecified atom stereocenters. The van der Waals surface area contributed by atoms with E-state index in [0.717, 1.165) is 0 Å². The Balaban J connectivity index is 1.90. The first-order valence-electron chi connectivity index (χ1n) is 5.09. The minimum Gasteiger partial charge on any atom is -0.294 e. The van der Waals surface area contributed by atoms with Crippen molar-refractivity contribution >= 4 is 0 Å². The van der Waals surface area contributed by atoms with Gasteiger partial charge in [0, 0.05) is 0 Å². The molecular weight excluding hydrogens is 158 g/mol. The summed E-state index contributed by atoms with van der Waals surface area (Å²) in [7, 11) is 0. The van der Waals surface area contributed by atoms with Crippen LogP contribution in [0, 0.1) is 6.54 Å². The number of hydrogen-bond acceptors (Lipinski definition) is 1. The third-order valence-electron chi connectivity index (χ3n) is 2.52. The molecule has 1 radical (unpaired) electrons. The zero-order valence-corrected chi connectivity index (χ0v) is 7.95. The summed E-state index contributed by atoms with van der Waals surface area (Å²) in [5.41, 5.74) is 1.32. The van der Waals surface area contributed by atoms with E-state index in [9.17, 15) is 0 Å². The average Bonchev–Trinajstić information content (AvgIpc) is 2.21. The van der Waals surface area contributed by atoms with E-state index < -0.39 is 0 Å². The number of rotatable bonds is 2. The Labute approximate surface area is 80.4 Å². The summed E-state index contributed by atoms with van der Waals surface area (Å²) in [6, 6.07) is 10.6. The first-order chi connectivity index (χ1) is 6.45.